The van der Waals surface area contributed by atoms with Crippen molar-refractivity contribution in [3.8, 4) is 0 Å². The Kier molecular flexibility index (Phi) is 48.3. The van der Waals surface area contributed by atoms with Gasteiger partial charge >= 0.3 is 6.09 Å². The molecule has 0 aliphatic carbocycles. The predicted molar refractivity (Wildman–Crippen MR) is 280 cm³/mol. The van der Waals surface area contributed by atoms with Gasteiger partial charge in [0.2, 0.25) is 17.7 Å². The minimum atomic E-state index is -0.730. The molecule has 29 heteroatoms. The van der Waals surface area contributed by atoms with Crippen molar-refractivity contribution in [3.63, 3.8) is 0 Å². The monoisotopic (exact) mass is 1130 g/mol. The largest absolute Gasteiger partial charge is 0.443 e. The van der Waals surface area contributed by atoms with E-state index in [1.807, 2.05) is 0 Å². The number of nitrogens with zero attached hydrogens (tertiary/aromatic N) is 4. The number of hydrogen-bond donors (Lipinski definition) is 5. The number of rotatable bonds is 58. The van der Waals surface area contributed by atoms with Crippen LogP contribution in [0.1, 0.15) is 45.7 Å². The molecule has 1 rings (SSSR count). The van der Waals surface area contributed by atoms with Crippen LogP contribution in [0.15, 0.2) is 11.4 Å². The summed E-state index contributed by atoms with van der Waals surface area (Å²) in [5.41, 5.74) is 0.763. The summed E-state index contributed by atoms with van der Waals surface area (Å²) >= 11 is 0. The van der Waals surface area contributed by atoms with E-state index in [0.29, 0.717) is 183 Å². The highest BCUT2D eigenvalue weighted by atomic mass is 16.6. The molecule has 0 fully saturated rings. The Bertz CT molecular complexity index is 1640. The SMILES string of the molecule is C=NOCC(=O)NCC(=O)NCC(=O)NCC(=O)NCCNC(=O)OCc1cn(CCOCCOCCOCCOCCOCCOCCOCCOCCOCCOCCOCCOCCOCCC(C)(C)CCC)nn1. The molecule has 78 heavy (non-hydrogen) atoms. The molecule has 1 aromatic rings. The van der Waals surface area contributed by atoms with Gasteiger partial charge in [0.05, 0.1) is 198 Å². The first kappa shape index (κ1) is 71.3. The molecule has 0 aliphatic rings. The van der Waals surface area contributed by atoms with Crippen LogP contribution in [0.5, 0.6) is 0 Å². The van der Waals surface area contributed by atoms with Crippen molar-refractivity contribution in [2.45, 2.75) is 53.2 Å². The minimum absolute atomic E-state index is 0.0557. The van der Waals surface area contributed by atoms with Crippen LogP contribution in [0, 0.1) is 5.41 Å². The normalized spacial score (nSPS) is 11.3. The fourth-order valence-electron chi connectivity index (χ4n) is 6.00. The average Bonchev–Trinajstić information content (AvgIpc) is 3.89. The number of ether oxygens (including phenoxy) is 14. The van der Waals surface area contributed by atoms with Gasteiger partial charge in [-0.2, -0.15) is 0 Å². The Balaban J connectivity index is 1.76. The molecule has 0 aliphatic heterocycles. The molecule has 5 N–H and O–H groups in total. The average molecular weight is 1130 g/mol. The van der Waals surface area contributed by atoms with Crippen LogP contribution >= 0.6 is 0 Å². The first-order chi connectivity index (χ1) is 38.0. The van der Waals surface area contributed by atoms with Crippen LogP contribution in [0.4, 0.5) is 4.79 Å². The predicted octanol–water partition coefficient (Wildman–Crippen LogP) is -0.967. The van der Waals surface area contributed by atoms with E-state index < -0.39 is 42.9 Å². The molecule has 0 atom stereocenters. The van der Waals surface area contributed by atoms with Crippen molar-refractivity contribution in [1.29, 1.82) is 0 Å². The molecule has 5 amide bonds. The molecule has 1 aromatic heterocycles. The second kappa shape index (κ2) is 52.9. The van der Waals surface area contributed by atoms with Gasteiger partial charge in [-0.25, -0.2) is 9.48 Å². The number of carbonyl (C=O) groups excluding carboxylic acids is 5. The van der Waals surface area contributed by atoms with E-state index in [0.717, 1.165) is 13.0 Å². The lowest BCUT2D eigenvalue weighted by Crippen LogP contribution is -2.45. The number of carbonyl (C=O) groups is 5. The summed E-state index contributed by atoms with van der Waals surface area (Å²) in [6.45, 7) is 21.3. The maximum Gasteiger partial charge on any atom is 0.407 e. The van der Waals surface area contributed by atoms with Crippen molar-refractivity contribution < 1.29 is 95.1 Å². The number of amides is 5. The summed E-state index contributed by atoms with van der Waals surface area (Å²) in [6.07, 6.45) is 4.37. The lowest BCUT2D eigenvalue weighted by molar-refractivity contribution is -0.130. The van der Waals surface area contributed by atoms with Crippen molar-refractivity contribution in [1.82, 2.24) is 41.6 Å². The molecule has 0 saturated carbocycles. The van der Waals surface area contributed by atoms with E-state index in [-0.39, 0.29) is 32.8 Å². The lowest BCUT2D eigenvalue weighted by atomic mass is 9.85. The van der Waals surface area contributed by atoms with Gasteiger partial charge in [0.25, 0.3) is 5.91 Å². The van der Waals surface area contributed by atoms with E-state index in [1.54, 1.807) is 10.9 Å². The van der Waals surface area contributed by atoms with Gasteiger partial charge < -0.3 is 97.7 Å². The Hall–Kier alpha value is -4.76. The molecule has 452 valence electrons. The summed E-state index contributed by atoms with van der Waals surface area (Å²) in [6, 6.07) is 0. The van der Waals surface area contributed by atoms with Crippen molar-refractivity contribution in [2.24, 2.45) is 10.6 Å². The van der Waals surface area contributed by atoms with Crippen LogP contribution in [0.3, 0.4) is 0 Å². The highest BCUT2D eigenvalue weighted by Crippen LogP contribution is 2.26. The second-order valence-corrected chi connectivity index (χ2v) is 17.2. The molecule has 0 bridgehead atoms. The standard InChI is InChI=1S/C49H91N9O20/c1-5-6-49(2,3)7-11-64-13-15-66-17-19-68-21-23-70-25-27-72-29-31-74-33-35-76-36-34-75-32-30-73-28-26-71-24-22-69-20-18-67-16-14-65-12-10-58-40-43(56-57-58)41-77-48(63)52-9-8-51-44(59)37-53-45(60)38-54-46(61)39-55-47(62)42-78-50-4/h40H,4-39,41-42H2,1-3H3,(H,51,59)(H,52,63)(H,53,60)(H,54,61)(H,55,62). The Morgan fingerprint density at radius 3 is 1.22 bits per heavy atom. The van der Waals surface area contributed by atoms with Crippen LogP contribution in [-0.4, -0.2) is 263 Å². The number of nitrogens with one attached hydrogen (secondary N) is 5. The highest BCUT2D eigenvalue weighted by Gasteiger charge is 2.16. The van der Waals surface area contributed by atoms with E-state index in [4.69, 9.17) is 66.3 Å². The molecular formula is C49H91N9O20. The summed E-state index contributed by atoms with van der Waals surface area (Å²) in [4.78, 5) is 63.2. The Morgan fingerprint density at radius 2 is 0.833 bits per heavy atom. The zero-order chi connectivity index (χ0) is 56.7. The maximum atomic E-state index is 12.0. The Labute approximate surface area is 458 Å². The third-order valence-corrected chi connectivity index (χ3v) is 10.1. The first-order valence-electron chi connectivity index (χ1n) is 26.5. The first-order valence-corrected chi connectivity index (χ1v) is 26.5. The highest BCUT2D eigenvalue weighted by molar-refractivity contribution is 5.90. The second-order valence-electron chi connectivity index (χ2n) is 17.2. The van der Waals surface area contributed by atoms with Gasteiger partial charge in [-0.15, -0.1) is 10.3 Å². The van der Waals surface area contributed by atoms with Crippen LogP contribution < -0.4 is 26.6 Å². The van der Waals surface area contributed by atoms with E-state index in [2.05, 4.69) is 74.4 Å². The third kappa shape index (κ3) is 49.5. The fourth-order valence-corrected chi connectivity index (χ4v) is 6.00. The van der Waals surface area contributed by atoms with Gasteiger partial charge in [0.1, 0.15) is 12.3 Å². The Morgan fingerprint density at radius 1 is 0.487 bits per heavy atom. The van der Waals surface area contributed by atoms with E-state index in [1.165, 1.54) is 12.8 Å². The summed E-state index contributed by atoms with van der Waals surface area (Å²) in [5.74, 6) is -2.37. The zero-order valence-electron chi connectivity index (χ0n) is 46.4. The zero-order valence-corrected chi connectivity index (χ0v) is 46.4. The molecule has 0 saturated heterocycles. The molecule has 29 nitrogen and oxygen atoms in total. The summed E-state index contributed by atoms with van der Waals surface area (Å²) < 4.78 is 78.6. The smallest absolute Gasteiger partial charge is 0.407 e. The number of aromatic nitrogens is 3. The van der Waals surface area contributed by atoms with Crippen molar-refractivity contribution in [3.05, 3.63) is 11.9 Å². The lowest BCUT2D eigenvalue weighted by Gasteiger charge is -2.23. The van der Waals surface area contributed by atoms with Gasteiger partial charge in [-0.1, -0.05) is 32.4 Å². The maximum absolute atomic E-state index is 12.0. The van der Waals surface area contributed by atoms with E-state index in [9.17, 15) is 24.0 Å². The summed E-state index contributed by atoms with van der Waals surface area (Å²) in [5, 5.41) is 22.8. The molecule has 0 aromatic carbocycles. The molecule has 1 heterocycles. The molecular weight excluding hydrogens is 1030 g/mol. The summed E-state index contributed by atoms with van der Waals surface area (Å²) in [7, 11) is 0. The van der Waals surface area contributed by atoms with Crippen molar-refractivity contribution in [2.75, 3.05) is 211 Å². The van der Waals surface area contributed by atoms with Crippen LogP contribution in [0.2, 0.25) is 0 Å². The topological polar surface area (TPSA) is 327 Å². The number of oxime groups is 1. The molecule has 0 spiro atoms. The van der Waals surface area contributed by atoms with E-state index >= 15 is 0 Å². The van der Waals surface area contributed by atoms with Gasteiger partial charge in [-0.05, 0) is 18.3 Å². The minimum Gasteiger partial charge on any atom is -0.443 e. The van der Waals surface area contributed by atoms with Gasteiger partial charge in [-0.3, -0.25) is 19.2 Å². The van der Waals surface area contributed by atoms with Gasteiger partial charge in [0, 0.05) is 26.4 Å². The fraction of sp³-hybridized carbons (Fsp3) is 0.837. The number of hydrogen-bond acceptors (Lipinski definition) is 23. The van der Waals surface area contributed by atoms with Crippen molar-refractivity contribution >= 4 is 36.4 Å². The van der Waals surface area contributed by atoms with Crippen LogP contribution in [0.25, 0.3) is 0 Å². The molecule has 0 unspecified atom stereocenters. The van der Waals surface area contributed by atoms with Gasteiger partial charge in [0.15, 0.2) is 6.61 Å². The molecule has 0 radical (unpaired) electrons. The third-order valence-electron chi connectivity index (χ3n) is 10.1. The van der Waals surface area contributed by atoms with Crippen LogP contribution in [-0.2, 0) is 103 Å². The number of alkyl carbamates (subject to hydrolysis) is 1. The quantitative estimate of drug-likeness (QED) is 0.0298.